The number of nitrogens with zero attached hydrogens (tertiary/aromatic N) is 5. The standard InChI is InChI=1S/C32H36N6O5/c1-22-30(40)38(27-12-10-25(11-13-27)24-7-3-2-4-8-24)32(41)37(22)21-23-14-16-36(17-15-23)31-33-19-26(20-34-31)29(39)35-43-28-9-5-6-18-42-28/h2-4,7-8,10-13,19-20,22-23,28H,5-6,9,14-18,21H2,1H3,(H,35,39). The summed E-state index contributed by atoms with van der Waals surface area (Å²) < 4.78 is 5.46. The first-order chi connectivity index (χ1) is 21.0. The zero-order valence-electron chi connectivity index (χ0n) is 24.2. The van der Waals surface area contributed by atoms with Gasteiger partial charge in [0.15, 0.2) is 6.29 Å². The number of hydroxylamine groups is 1. The molecule has 11 nitrogen and oxygen atoms in total. The van der Waals surface area contributed by atoms with Crippen LogP contribution in [0.2, 0.25) is 0 Å². The van der Waals surface area contributed by atoms with Crippen molar-refractivity contribution in [3.8, 4) is 11.1 Å². The van der Waals surface area contributed by atoms with Crippen molar-refractivity contribution >= 4 is 29.5 Å². The molecule has 4 heterocycles. The van der Waals surface area contributed by atoms with E-state index in [1.165, 1.54) is 17.3 Å². The Morgan fingerprint density at radius 2 is 1.65 bits per heavy atom. The van der Waals surface area contributed by atoms with Crippen LogP contribution in [-0.4, -0.2) is 71.3 Å². The van der Waals surface area contributed by atoms with Gasteiger partial charge < -0.3 is 14.5 Å². The molecule has 1 aromatic heterocycles. The normalized spacial score (nSPS) is 21.4. The number of aromatic nitrogens is 2. The highest BCUT2D eigenvalue weighted by Gasteiger charge is 2.44. The number of ether oxygens (including phenoxy) is 1. The Hall–Kier alpha value is -4.35. The van der Waals surface area contributed by atoms with Crippen molar-refractivity contribution in [2.75, 3.05) is 36.0 Å². The van der Waals surface area contributed by atoms with E-state index in [1.807, 2.05) is 54.6 Å². The van der Waals surface area contributed by atoms with E-state index in [0.29, 0.717) is 43.4 Å². The molecule has 2 unspecified atom stereocenters. The summed E-state index contributed by atoms with van der Waals surface area (Å²) in [6, 6.07) is 16.7. The molecular weight excluding hydrogens is 548 g/mol. The molecule has 2 aromatic carbocycles. The largest absolute Gasteiger partial charge is 0.350 e. The van der Waals surface area contributed by atoms with Gasteiger partial charge in [-0.2, -0.15) is 0 Å². The number of rotatable bonds is 8. The zero-order chi connectivity index (χ0) is 29.8. The second kappa shape index (κ2) is 12.9. The molecule has 3 aromatic rings. The third-order valence-electron chi connectivity index (χ3n) is 8.39. The van der Waals surface area contributed by atoms with Gasteiger partial charge in [0, 0.05) is 45.1 Å². The lowest BCUT2D eigenvalue weighted by molar-refractivity contribution is -0.186. The first kappa shape index (κ1) is 28.8. The molecule has 3 fully saturated rings. The van der Waals surface area contributed by atoms with Crippen LogP contribution in [0.5, 0.6) is 0 Å². The molecule has 1 N–H and O–H groups in total. The Morgan fingerprint density at radius 3 is 2.33 bits per heavy atom. The second-order valence-corrected chi connectivity index (χ2v) is 11.2. The second-order valence-electron chi connectivity index (χ2n) is 11.2. The van der Waals surface area contributed by atoms with E-state index >= 15 is 0 Å². The van der Waals surface area contributed by atoms with Gasteiger partial charge in [-0.3, -0.25) is 9.59 Å². The van der Waals surface area contributed by atoms with Gasteiger partial charge in [-0.05, 0) is 61.8 Å². The van der Waals surface area contributed by atoms with E-state index in [2.05, 4.69) is 20.3 Å². The van der Waals surface area contributed by atoms with Gasteiger partial charge >= 0.3 is 6.03 Å². The van der Waals surface area contributed by atoms with Crippen LogP contribution in [0, 0.1) is 5.92 Å². The lowest BCUT2D eigenvalue weighted by Crippen LogP contribution is -2.42. The summed E-state index contributed by atoms with van der Waals surface area (Å²) in [6.07, 6.45) is 6.97. The summed E-state index contributed by atoms with van der Waals surface area (Å²) in [5.74, 6) is 0.182. The van der Waals surface area contributed by atoms with Crippen molar-refractivity contribution in [2.24, 2.45) is 5.92 Å². The molecule has 0 spiro atoms. The van der Waals surface area contributed by atoms with Gasteiger partial charge in [-0.15, -0.1) is 0 Å². The van der Waals surface area contributed by atoms with Crippen molar-refractivity contribution in [2.45, 2.75) is 51.4 Å². The number of carbonyl (C=O) groups excluding carboxylic acids is 3. The Labute approximate surface area is 250 Å². The number of nitrogens with one attached hydrogen (secondary N) is 1. The number of piperidine rings is 1. The van der Waals surface area contributed by atoms with Gasteiger partial charge in [0.05, 0.1) is 11.3 Å². The molecule has 11 heteroatoms. The van der Waals surface area contributed by atoms with Gasteiger partial charge in [-0.25, -0.2) is 30.0 Å². The average molecular weight is 585 g/mol. The Balaban J connectivity index is 1.01. The smallest absolute Gasteiger partial charge is 0.332 e. The SMILES string of the molecule is CC1C(=O)N(c2ccc(-c3ccccc3)cc2)C(=O)N1CC1CCN(c2ncc(C(=O)NOC3CCCCO3)cn2)CC1. The number of carbonyl (C=O) groups is 3. The molecule has 3 saturated heterocycles. The highest BCUT2D eigenvalue weighted by molar-refractivity contribution is 6.21. The van der Waals surface area contributed by atoms with E-state index in [9.17, 15) is 14.4 Å². The van der Waals surface area contributed by atoms with Gasteiger partial charge in [0.1, 0.15) is 6.04 Å². The monoisotopic (exact) mass is 584 g/mol. The quantitative estimate of drug-likeness (QED) is 0.306. The molecule has 0 aliphatic carbocycles. The molecule has 4 amide bonds. The van der Waals surface area contributed by atoms with Crippen LogP contribution in [0.1, 0.15) is 49.4 Å². The zero-order valence-corrected chi connectivity index (χ0v) is 24.2. The fourth-order valence-corrected chi connectivity index (χ4v) is 5.79. The van der Waals surface area contributed by atoms with E-state index in [1.54, 1.807) is 11.8 Å². The molecular formula is C32H36N6O5. The summed E-state index contributed by atoms with van der Waals surface area (Å²) in [6.45, 7) is 4.37. The molecule has 2 atom stereocenters. The number of urea groups is 1. The predicted molar refractivity (Wildman–Crippen MR) is 160 cm³/mol. The third-order valence-corrected chi connectivity index (χ3v) is 8.39. The fraction of sp³-hybridized carbons (Fsp3) is 0.406. The summed E-state index contributed by atoms with van der Waals surface area (Å²) in [5.41, 5.74) is 5.42. The summed E-state index contributed by atoms with van der Waals surface area (Å²) in [7, 11) is 0. The minimum Gasteiger partial charge on any atom is -0.350 e. The molecule has 43 heavy (non-hydrogen) atoms. The number of amides is 4. The van der Waals surface area contributed by atoms with Crippen LogP contribution in [0.3, 0.4) is 0 Å². The van der Waals surface area contributed by atoms with Crippen LogP contribution in [0.25, 0.3) is 11.1 Å². The summed E-state index contributed by atoms with van der Waals surface area (Å²) in [4.78, 5) is 58.2. The Morgan fingerprint density at radius 1 is 0.953 bits per heavy atom. The van der Waals surface area contributed by atoms with Gasteiger partial charge in [0.2, 0.25) is 5.95 Å². The molecule has 0 bridgehead atoms. The maximum atomic E-state index is 13.4. The molecule has 3 aliphatic rings. The first-order valence-corrected chi connectivity index (χ1v) is 14.9. The highest BCUT2D eigenvalue weighted by Crippen LogP contribution is 2.30. The molecule has 3 aliphatic heterocycles. The number of anilines is 2. The average Bonchev–Trinajstić information content (AvgIpc) is 3.27. The first-order valence-electron chi connectivity index (χ1n) is 14.9. The molecule has 224 valence electrons. The number of imide groups is 1. The van der Waals surface area contributed by atoms with Crippen LogP contribution in [0.4, 0.5) is 16.4 Å². The molecule has 0 radical (unpaired) electrons. The van der Waals surface area contributed by atoms with E-state index in [4.69, 9.17) is 9.57 Å². The molecule has 0 saturated carbocycles. The Bertz CT molecular complexity index is 1420. The maximum absolute atomic E-state index is 13.4. The van der Waals surface area contributed by atoms with Crippen molar-refractivity contribution < 1.29 is 24.0 Å². The topological polar surface area (TPSA) is 117 Å². The number of hydrogen-bond donors (Lipinski definition) is 1. The van der Waals surface area contributed by atoms with E-state index in [-0.39, 0.29) is 17.9 Å². The minimum atomic E-state index is -0.519. The van der Waals surface area contributed by atoms with Crippen molar-refractivity contribution in [1.82, 2.24) is 20.3 Å². The van der Waals surface area contributed by atoms with Crippen molar-refractivity contribution in [3.63, 3.8) is 0 Å². The predicted octanol–water partition coefficient (Wildman–Crippen LogP) is 4.41. The van der Waals surface area contributed by atoms with Gasteiger partial charge in [-0.1, -0.05) is 42.5 Å². The molecule has 6 rings (SSSR count). The van der Waals surface area contributed by atoms with Crippen LogP contribution in [0.15, 0.2) is 67.0 Å². The summed E-state index contributed by atoms with van der Waals surface area (Å²) >= 11 is 0. The minimum absolute atomic E-state index is 0.205. The van der Waals surface area contributed by atoms with Crippen molar-refractivity contribution in [3.05, 3.63) is 72.6 Å². The van der Waals surface area contributed by atoms with Crippen molar-refractivity contribution in [1.29, 1.82) is 0 Å². The van der Waals surface area contributed by atoms with Crippen LogP contribution in [-0.2, 0) is 14.4 Å². The van der Waals surface area contributed by atoms with E-state index < -0.39 is 18.2 Å². The lowest BCUT2D eigenvalue weighted by Gasteiger charge is -2.34. The maximum Gasteiger partial charge on any atom is 0.332 e. The number of hydrogen-bond acceptors (Lipinski definition) is 8. The summed E-state index contributed by atoms with van der Waals surface area (Å²) in [5, 5.41) is 0. The Kier molecular flexibility index (Phi) is 8.62. The van der Waals surface area contributed by atoms with Gasteiger partial charge in [0.25, 0.3) is 11.8 Å². The third kappa shape index (κ3) is 6.37. The van der Waals surface area contributed by atoms with E-state index in [0.717, 1.165) is 43.2 Å². The van der Waals surface area contributed by atoms with Crippen LogP contribution >= 0.6 is 0 Å². The highest BCUT2D eigenvalue weighted by atomic mass is 16.8. The fourth-order valence-electron chi connectivity index (χ4n) is 5.79. The lowest BCUT2D eigenvalue weighted by atomic mass is 9.96. The number of benzene rings is 2. The van der Waals surface area contributed by atoms with Crippen LogP contribution < -0.4 is 15.3 Å².